The second kappa shape index (κ2) is 36.1. The highest BCUT2D eigenvalue weighted by Crippen LogP contribution is 2.59. The van der Waals surface area contributed by atoms with Gasteiger partial charge in [-0.25, -0.2) is 29.9 Å². The van der Waals surface area contributed by atoms with E-state index in [9.17, 15) is 15.3 Å². The minimum atomic E-state index is -0.787. The number of hydrogen-bond donors (Lipinski definition) is 3. The summed E-state index contributed by atoms with van der Waals surface area (Å²) in [5.41, 5.74) is 13.4. The quantitative estimate of drug-likeness (QED) is 0.0322. The summed E-state index contributed by atoms with van der Waals surface area (Å²) in [7, 11) is 0. The van der Waals surface area contributed by atoms with Crippen LogP contribution >= 0.6 is 0 Å². The van der Waals surface area contributed by atoms with E-state index < -0.39 is 41.2 Å². The zero-order chi connectivity index (χ0) is 85.0. The van der Waals surface area contributed by atoms with Crippen LogP contribution < -0.4 is 28.4 Å². The molecule has 13 aromatic rings. The predicted octanol–water partition coefficient (Wildman–Crippen LogP) is 28.7. The molecular formula is C106H112N8O9. The summed E-state index contributed by atoms with van der Waals surface area (Å²) in [5.74, 6) is 1.04. The number of phenolic OH excluding ortho intramolecular Hbond substituents is 3. The molecule has 630 valence electrons. The van der Waals surface area contributed by atoms with Gasteiger partial charge >= 0.3 is 0 Å². The minimum Gasteiger partial charge on any atom is -0.508 e. The van der Waals surface area contributed by atoms with Gasteiger partial charge in [-0.05, 0) is 120 Å². The van der Waals surface area contributed by atoms with Crippen molar-refractivity contribution >= 4 is 45.5 Å². The summed E-state index contributed by atoms with van der Waals surface area (Å²) in [6, 6.07) is 60.9. The largest absolute Gasteiger partial charge is 0.508 e. The van der Waals surface area contributed by atoms with Crippen molar-refractivity contribution in [1.29, 1.82) is 0 Å². The number of fused-ring (bicyclic) bond motifs is 8. The van der Waals surface area contributed by atoms with Crippen LogP contribution in [0.1, 0.15) is 311 Å². The summed E-state index contributed by atoms with van der Waals surface area (Å²) >= 11 is 0. The maximum absolute atomic E-state index is 14.8. The molecule has 0 saturated carbocycles. The molecule has 17 nitrogen and oxygen atoms in total. The standard InChI is InChI=1S/C106H112N8O9/c1-11-15-19-29-43-68-72-55-73-69(44-30-20-16-12-2)74-56-75-70(45-31-21-17-13-3)76-57-77-71(46-32-22-18-14-4)79-58-78(68)97(117)80(63-108-95(65-41-27-24-28-42-65)94(64-39-25-23-26-40-64)107-62-66-53-67(105(5,6)7)54-81(96(66)116)106(8,9)10)98(79)123-104-103(113-86-51-37-38-52-87(86)114-104)122-93(77)61-92(76)121-102-101(111-84-49-35-36-50-85(84)112-102)120-91(75)60-90(74)119-100-99(118-89(73)59-88(72)115)109-82-47-33-34-48-83(82)110-100/h23-28,33-42,47-63,68-71,94-95,115-117H,11-22,29-32,43-46H2,1-10H3/t68?,69?,70?,71?,94-,95-/m1/s1. The summed E-state index contributed by atoms with van der Waals surface area (Å²) in [4.78, 5) is 43.4. The van der Waals surface area contributed by atoms with E-state index >= 15 is 0 Å². The van der Waals surface area contributed by atoms with Crippen molar-refractivity contribution in [2.24, 2.45) is 9.98 Å². The Morgan fingerprint density at radius 2 is 0.650 bits per heavy atom. The SMILES string of the molecule is CCCCCCC1c2cc3c(O)cc2Oc2nc4ccccc4nc2Oc2cc4c(cc21)C(CCCCCC)c1cc2c(cc1Oc1nc5ccccc5nc1O4)Oc1nc4ccccc4nc1Oc1c(cc(c(O)c1C=N[C@H](c1ccccc1)[C@H](N=Cc1cc(C(C)(C)C)cc(C(C)(C)C)c1O)c1ccccc1)C3CCCCCC)C2CCCCCC. The van der Waals surface area contributed by atoms with E-state index in [0.29, 0.717) is 110 Å². The molecular weight excluding hydrogens is 1530 g/mol. The number of benzene rings is 10. The molecule has 17 rings (SSSR count). The van der Waals surface area contributed by atoms with Crippen LogP contribution in [-0.4, -0.2) is 57.7 Å². The van der Waals surface area contributed by atoms with Crippen LogP contribution in [0.15, 0.2) is 198 Å². The van der Waals surface area contributed by atoms with Gasteiger partial charge in [-0.2, -0.15) is 0 Å². The third kappa shape index (κ3) is 17.4. The van der Waals surface area contributed by atoms with Crippen molar-refractivity contribution in [3.8, 4) is 87.0 Å². The Morgan fingerprint density at radius 3 is 1.02 bits per heavy atom. The number of para-hydroxylation sites is 6. The van der Waals surface area contributed by atoms with Gasteiger partial charge in [-0.3, -0.25) is 9.98 Å². The second-order valence-corrected chi connectivity index (χ2v) is 35.9. The monoisotopic (exact) mass is 1640 g/mol. The van der Waals surface area contributed by atoms with E-state index in [1.807, 2.05) is 128 Å². The summed E-state index contributed by atoms with van der Waals surface area (Å²) in [6.07, 6.45) is 20.9. The van der Waals surface area contributed by atoms with Gasteiger partial charge in [0.2, 0.25) is 0 Å². The Balaban J connectivity index is 1.02. The molecule has 3 N–H and O–H groups in total. The Morgan fingerprint density at radius 1 is 0.325 bits per heavy atom. The Bertz CT molecular complexity index is 6120. The molecule has 123 heavy (non-hydrogen) atoms. The summed E-state index contributed by atoms with van der Waals surface area (Å²) < 4.78 is 45.3. The number of aromatic nitrogens is 6. The zero-order valence-corrected chi connectivity index (χ0v) is 72.5. The van der Waals surface area contributed by atoms with E-state index in [1.165, 1.54) is 0 Å². The zero-order valence-electron chi connectivity index (χ0n) is 72.5. The Labute approximate surface area is 722 Å². The highest BCUT2D eigenvalue weighted by atomic mass is 16.6. The number of phenols is 3. The highest BCUT2D eigenvalue weighted by molar-refractivity contribution is 5.91. The molecule has 17 heteroatoms. The third-order valence-electron chi connectivity index (χ3n) is 25.1. The lowest BCUT2D eigenvalue weighted by Gasteiger charge is -2.30. The predicted molar refractivity (Wildman–Crippen MR) is 490 cm³/mol. The van der Waals surface area contributed by atoms with Crippen LogP contribution in [0.3, 0.4) is 0 Å². The van der Waals surface area contributed by atoms with Crippen molar-refractivity contribution in [3.05, 3.63) is 266 Å². The van der Waals surface area contributed by atoms with Crippen LogP contribution in [0, 0.1) is 0 Å². The minimum absolute atomic E-state index is 0.0306. The number of ether oxygens (including phenoxy) is 6. The lowest BCUT2D eigenvalue weighted by Crippen LogP contribution is -2.17. The lowest BCUT2D eigenvalue weighted by molar-refractivity contribution is 0.381. The Kier molecular flexibility index (Phi) is 24.3. The molecule has 0 saturated heterocycles. The molecule has 0 amide bonds. The topological polar surface area (TPSA) is 218 Å². The van der Waals surface area contributed by atoms with Crippen molar-refractivity contribution in [2.45, 2.75) is 244 Å². The normalized spacial score (nSPS) is 16.2. The van der Waals surface area contributed by atoms with Gasteiger partial charge in [0.15, 0.2) is 0 Å². The number of rotatable bonds is 27. The van der Waals surface area contributed by atoms with Crippen LogP contribution in [0.2, 0.25) is 0 Å². The molecule has 0 radical (unpaired) electrons. The molecule has 8 bridgehead atoms. The lowest BCUT2D eigenvalue weighted by atomic mass is 9.75. The maximum atomic E-state index is 14.8. The second-order valence-electron chi connectivity index (χ2n) is 35.9. The maximum Gasteiger partial charge on any atom is 0.284 e. The van der Waals surface area contributed by atoms with Gasteiger partial charge in [0, 0.05) is 110 Å². The molecule has 6 heterocycles. The van der Waals surface area contributed by atoms with Crippen LogP contribution in [0.4, 0.5) is 0 Å². The first-order valence-electron chi connectivity index (χ1n) is 44.8. The van der Waals surface area contributed by atoms with E-state index in [4.69, 9.17) is 68.3 Å². The third-order valence-corrected chi connectivity index (χ3v) is 25.1. The van der Waals surface area contributed by atoms with E-state index in [0.717, 1.165) is 158 Å². The van der Waals surface area contributed by atoms with Gasteiger partial charge in [0.05, 0.1) is 38.7 Å². The molecule has 4 aliphatic rings. The molecule has 0 fully saturated rings. The van der Waals surface area contributed by atoms with Crippen molar-refractivity contribution < 1.29 is 43.7 Å². The smallest absolute Gasteiger partial charge is 0.284 e. The fraction of sp³-hybridized carbons (Fsp3) is 0.358. The molecule has 3 aromatic heterocycles. The highest BCUT2D eigenvalue weighted by Gasteiger charge is 2.41. The first-order chi connectivity index (χ1) is 59.8. The molecule has 3 aliphatic heterocycles. The fourth-order valence-corrected chi connectivity index (χ4v) is 18.4. The van der Waals surface area contributed by atoms with Crippen LogP contribution in [-0.2, 0) is 10.8 Å². The van der Waals surface area contributed by atoms with Crippen LogP contribution in [0.5, 0.6) is 87.0 Å². The van der Waals surface area contributed by atoms with Crippen LogP contribution in [0.25, 0.3) is 33.1 Å². The molecule has 4 unspecified atom stereocenters. The van der Waals surface area contributed by atoms with Gasteiger partial charge in [0.25, 0.3) is 35.3 Å². The van der Waals surface area contributed by atoms with Gasteiger partial charge < -0.3 is 43.7 Å². The molecule has 10 aromatic carbocycles. The van der Waals surface area contributed by atoms with Crippen molar-refractivity contribution in [2.75, 3.05) is 0 Å². The first-order valence-corrected chi connectivity index (χ1v) is 44.8. The van der Waals surface area contributed by atoms with Gasteiger partial charge in [0.1, 0.15) is 63.8 Å². The molecule has 0 spiro atoms. The van der Waals surface area contributed by atoms with E-state index in [1.54, 1.807) is 12.3 Å². The number of nitrogens with zero attached hydrogens (tertiary/aromatic N) is 8. The number of unbranched alkanes of at least 4 members (excludes halogenated alkanes) is 12. The van der Waals surface area contributed by atoms with Gasteiger partial charge in [-0.1, -0.05) is 275 Å². The average molecular weight is 1640 g/mol. The average Bonchev–Trinajstić information content (AvgIpc) is 1.66. The Hall–Kier alpha value is -12.2. The molecule has 6 atom stereocenters. The van der Waals surface area contributed by atoms with Crippen molar-refractivity contribution in [3.63, 3.8) is 0 Å². The first kappa shape index (κ1) is 83.0. The summed E-state index contributed by atoms with van der Waals surface area (Å²) in [5, 5.41) is 41.0. The van der Waals surface area contributed by atoms with Crippen molar-refractivity contribution in [1.82, 2.24) is 29.9 Å². The number of hydrogen-bond acceptors (Lipinski definition) is 17. The van der Waals surface area contributed by atoms with E-state index in [-0.39, 0.29) is 63.5 Å². The number of aliphatic imine (C=N–C) groups is 2. The number of aromatic hydroxyl groups is 3. The summed E-state index contributed by atoms with van der Waals surface area (Å²) in [6.45, 7) is 21.9. The van der Waals surface area contributed by atoms with E-state index in [2.05, 4.69) is 130 Å². The fourth-order valence-electron chi connectivity index (χ4n) is 18.4. The molecule has 1 aliphatic carbocycles. The van der Waals surface area contributed by atoms with Gasteiger partial charge in [-0.15, -0.1) is 0 Å².